The van der Waals surface area contributed by atoms with Crippen LogP contribution in [-0.4, -0.2) is 25.7 Å². The third kappa shape index (κ3) is 2.97. The maximum atomic E-state index is 12.1. The van der Waals surface area contributed by atoms with Crippen LogP contribution < -0.4 is 5.32 Å². The van der Waals surface area contributed by atoms with E-state index in [0.717, 1.165) is 0 Å². The fourth-order valence-electron chi connectivity index (χ4n) is 1.74. The molecular weight excluding hydrogens is 334 g/mol. The first-order chi connectivity index (χ1) is 10.2. The van der Waals surface area contributed by atoms with E-state index in [0.29, 0.717) is 21.7 Å². The first kappa shape index (κ1) is 13.4. The van der Waals surface area contributed by atoms with Gasteiger partial charge in [0.25, 0.3) is 5.91 Å². The molecule has 3 aromatic heterocycles. The predicted octanol–water partition coefficient (Wildman–Crippen LogP) is 2.68. The molecule has 6 nitrogen and oxygen atoms in total. The number of nitrogens with one attached hydrogen (secondary N) is 1. The Labute approximate surface area is 129 Å². The number of rotatable bonds is 3. The van der Waals surface area contributed by atoms with Crippen molar-refractivity contribution >= 4 is 27.5 Å². The number of nitrogens with zero attached hydrogens (tertiary/aromatic N) is 4. The zero-order valence-electron chi connectivity index (χ0n) is 10.8. The van der Waals surface area contributed by atoms with E-state index in [-0.39, 0.29) is 5.91 Å². The van der Waals surface area contributed by atoms with Crippen molar-refractivity contribution < 1.29 is 4.79 Å². The topological polar surface area (TPSA) is 72.7 Å². The van der Waals surface area contributed by atoms with Crippen LogP contribution in [-0.2, 0) is 0 Å². The third-order valence-electron chi connectivity index (χ3n) is 2.70. The molecule has 1 N–H and O–H groups in total. The Bertz CT molecular complexity index is 772. The van der Waals surface area contributed by atoms with Crippen LogP contribution >= 0.6 is 15.9 Å². The van der Waals surface area contributed by atoms with Crippen LogP contribution in [0.5, 0.6) is 0 Å². The highest BCUT2D eigenvalue weighted by Crippen LogP contribution is 2.16. The number of pyridine rings is 2. The minimum absolute atomic E-state index is 0.303. The zero-order valence-corrected chi connectivity index (χ0v) is 12.4. The molecule has 0 saturated carbocycles. The molecule has 0 aliphatic heterocycles. The second-order valence-electron chi connectivity index (χ2n) is 4.15. The summed E-state index contributed by atoms with van der Waals surface area (Å²) >= 11 is 3.30. The van der Waals surface area contributed by atoms with Crippen LogP contribution in [0.25, 0.3) is 5.82 Å². The summed E-state index contributed by atoms with van der Waals surface area (Å²) in [6, 6.07) is 9.04. The SMILES string of the molecule is O=C(Nc1cnn(-c2ccccn2)c1)c1ncccc1Br. The molecule has 3 rings (SSSR count). The minimum atomic E-state index is -0.303. The Kier molecular flexibility index (Phi) is 3.74. The molecule has 0 aliphatic carbocycles. The van der Waals surface area contributed by atoms with Gasteiger partial charge in [0.1, 0.15) is 5.69 Å². The van der Waals surface area contributed by atoms with E-state index in [1.54, 1.807) is 41.6 Å². The molecule has 0 radical (unpaired) electrons. The average molecular weight is 344 g/mol. The molecule has 0 atom stereocenters. The van der Waals surface area contributed by atoms with Crippen molar-refractivity contribution in [2.75, 3.05) is 5.32 Å². The number of hydrogen-bond donors (Lipinski definition) is 1. The van der Waals surface area contributed by atoms with Crippen LogP contribution in [0.3, 0.4) is 0 Å². The first-order valence-corrected chi connectivity index (χ1v) is 6.91. The van der Waals surface area contributed by atoms with Gasteiger partial charge in [-0.3, -0.25) is 4.79 Å². The van der Waals surface area contributed by atoms with Crippen LogP contribution in [0.15, 0.2) is 59.6 Å². The van der Waals surface area contributed by atoms with Crippen molar-refractivity contribution in [1.82, 2.24) is 19.7 Å². The standard InChI is InChI=1S/C14H10BrN5O/c15-11-4-3-7-17-13(11)14(21)19-10-8-18-20(9-10)12-5-1-2-6-16-12/h1-9H,(H,19,21). The Morgan fingerprint density at radius 2 is 2.00 bits per heavy atom. The van der Waals surface area contributed by atoms with E-state index < -0.39 is 0 Å². The third-order valence-corrected chi connectivity index (χ3v) is 3.34. The van der Waals surface area contributed by atoms with Gasteiger partial charge in [-0.05, 0) is 40.2 Å². The Hall–Kier alpha value is -2.54. The lowest BCUT2D eigenvalue weighted by atomic mass is 10.3. The van der Waals surface area contributed by atoms with Crippen molar-refractivity contribution in [3.63, 3.8) is 0 Å². The number of amides is 1. The molecular formula is C14H10BrN5O. The molecule has 1 amide bonds. The molecule has 21 heavy (non-hydrogen) atoms. The monoisotopic (exact) mass is 343 g/mol. The van der Waals surface area contributed by atoms with E-state index in [1.807, 2.05) is 18.2 Å². The van der Waals surface area contributed by atoms with Crippen LogP contribution in [0.1, 0.15) is 10.5 Å². The highest BCUT2D eigenvalue weighted by Gasteiger charge is 2.12. The van der Waals surface area contributed by atoms with E-state index in [9.17, 15) is 4.79 Å². The quantitative estimate of drug-likeness (QED) is 0.793. The average Bonchev–Trinajstić information content (AvgIpc) is 2.97. The largest absolute Gasteiger partial charge is 0.318 e. The van der Waals surface area contributed by atoms with Crippen molar-refractivity contribution in [3.8, 4) is 5.82 Å². The lowest BCUT2D eigenvalue weighted by molar-refractivity contribution is 0.102. The maximum absolute atomic E-state index is 12.1. The number of aromatic nitrogens is 4. The van der Waals surface area contributed by atoms with Crippen molar-refractivity contribution in [2.24, 2.45) is 0 Å². The lowest BCUT2D eigenvalue weighted by Crippen LogP contribution is -2.13. The van der Waals surface area contributed by atoms with Crippen molar-refractivity contribution in [2.45, 2.75) is 0 Å². The molecule has 0 fully saturated rings. The summed E-state index contributed by atoms with van der Waals surface area (Å²) in [6.45, 7) is 0. The second kappa shape index (κ2) is 5.84. The molecule has 7 heteroatoms. The summed E-state index contributed by atoms with van der Waals surface area (Å²) < 4.78 is 2.22. The summed E-state index contributed by atoms with van der Waals surface area (Å²) in [5.41, 5.74) is 0.895. The van der Waals surface area contributed by atoms with Gasteiger partial charge in [0, 0.05) is 16.9 Å². The fraction of sp³-hybridized carbons (Fsp3) is 0. The molecule has 3 aromatic rings. The normalized spacial score (nSPS) is 10.3. The van der Waals surface area contributed by atoms with Gasteiger partial charge in [0.05, 0.1) is 18.1 Å². The molecule has 3 heterocycles. The highest BCUT2D eigenvalue weighted by atomic mass is 79.9. The number of carbonyl (C=O) groups excluding carboxylic acids is 1. The highest BCUT2D eigenvalue weighted by molar-refractivity contribution is 9.10. The fourth-order valence-corrected chi connectivity index (χ4v) is 2.18. The smallest absolute Gasteiger partial charge is 0.275 e. The van der Waals surface area contributed by atoms with Gasteiger partial charge in [-0.25, -0.2) is 14.6 Å². The van der Waals surface area contributed by atoms with Gasteiger partial charge in [-0.2, -0.15) is 5.10 Å². The lowest BCUT2D eigenvalue weighted by Gasteiger charge is -2.03. The van der Waals surface area contributed by atoms with Gasteiger partial charge in [0.2, 0.25) is 0 Å². The molecule has 0 aliphatic rings. The van der Waals surface area contributed by atoms with E-state index in [1.165, 1.54) is 0 Å². The predicted molar refractivity (Wildman–Crippen MR) is 81.2 cm³/mol. The Morgan fingerprint density at radius 1 is 1.14 bits per heavy atom. The van der Waals surface area contributed by atoms with Crippen LogP contribution in [0.4, 0.5) is 5.69 Å². The molecule has 0 saturated heterocycles. The van der Waals surface area contributed by atoms with Gasteiger partial charge in [-0.15, -0.1) is 0 Å². The van der Waals surface area contributed by atoms with E-state index >= 15 is 0 Å². The second-order valence-corrected chi connectivity index (χ2v) is 5.00. The minimum Gasteiger partial charge on any atom is -0.318 e. The van der Waals surface area contributed by atoms with Crippen molar-refractivity contribution in [3.05, 3.63) is 65.3 Å². The number of carbonyl (C=O) groups is 1. The van der Waals surface area contributed by atoms with E-state index in [4.69, 9.17) is 0 Å². The van der Waals surface area contributed by atoms with Crippen LogP contribution in [0.2, 0.25) is 0 Å². The van der Waals surface area contributed by atoms with Gasteiger partial charge < -0.3 is 5.32 Å². The molecule has 104 valence electrons. The number of hydrogen-bond acceptors (Lipinski definition) is 4. The van der Waals surface area contributed by atoms with Gasteiger partial charge >= 0.3 is 0 Å². The van der Waals surface area contributed by atoms with Crippen LogP contribution in [0, 0.1) is 0 Å². The number of anilines is 1. The molecule has 0 bridgehead atoms. The zero-order chi connectivity index (χ0) is 14.7. The summed E-state index contributed by atoms with van der Waals surface area (Å²) in [7, 11) is 0. The van der Waals surface area contributed by atoms with Crippen molar-refractivity contribution in [1.29, 1.82) is 0 Å². The van der Waals surface area contributed by atoms with Gasteiger partial charge in [-0.1, -0.05) is 6.07 Å². The maximum Gasteiger partial charge on any atom is 0.275 e. The Morgan fingerprint density at radius 3 is 2.76 bits per heavy atom. The molecule has 0 unspecified atom stereocenters. The Balaban J connectivity index is 1.79. The number of halogens is 1. The summed E-state index contributed by atoms with van der Waals surface area (Å²) in [5, 5.41) is 6.91. The summed E-state index contributed by atoms with van der Waals surface area (Å²) in [6.07, 6.45) is 6.50. The van der Waals surface area contributed by atoms with Gasteiger partial charge in [0.15, 0.2) is 5.82 Å². The molecule has 0 aromatic carbocycles. The molecule has 0 spiro atoms. The summed E-state index contributed by atoms with van der Waals surface area (Å²) in [5.74, 6) is 0.375. The first-order valence-electron chi connectivity index (χ1n) is 6.12. The summed E-state index contributed by atoms with van der Waals surface area (Å²) in [4.78, 5) is 20.3. The van der Waals surface area contributed by atoms with E-state index in [2.05, 4.69) is 36.3 Å².